The topological polar surface area (TPSA) is 38.4 Å². The summed E-state index contributed by atoms with van der Waals surface area (Å²) < 4.78 is 0. The van der Waals surface area contributed by atoms with E-state index in [1.807, 2.05) is 42.6 Å². The maximum Gasteiger partial charge on any atom is 0.141 e. The van der Waals surface area contributed by atoms with E-state index in [1.54, 1.807) is 11.3 Å². The Labute approximate surface area is 110 Å². The molecule has 1 aromatic carbocycles. The van der Waals surface area contributed by atoms with Gasteiger partial charge in [-0.05, 0) is 35.6 Å². The quantitative estimate of drug-likeness (QED) is 0.511. The molecule has 0 fully saturated rings. The van der Waals surface area contributed by atoms with Crippen molar-refractivity contribution in [1.82, 2.24) is 0 Å². The van der Waals surface area contributed by atoms with Crippen LogP contribution in [0.15, 0.2) is 40.7 Å². The second-order valence-electron chi connectivity index (χ2n) is 3.67. The van der Waals surface area contributed by atoms with Crippen LogP contribution in [0.5, 0.6) is 0 Å². The van der Waals surface area contributed by atoms with E-state index in [9.17, 15) is 0 Å². The molecule has 2 nitrogen and oxygen atoms in total. The molecule has 2 aromatic rings. The number of aliphatic imine (C=N–C) groups is 1. The smallest absolute Gasteiger partial charge is 0.141 e. The zero-order valence-corrected chi connectivity index (χ0v) is 11.1. The van der Waals surface area contributed by atoms with Gasteiger partial charge in [-0.2, -0.15) is 0 Å². The molecule has 1 aromatic heterocycles. The SMILES string of the molecule is Cc1c(CCl)cccc1N=C(N)c1cccs1. The summed E-state index contributed by atoms with van der Waals surface area (Å²) in [6, 6.07) is 9.83. The summed E-state index contributed by atoms with van der Waals surface area (Å²) in [7, 11) is 0. The van der Waals surface area contributed by atoms with Gasteiger partial charge in [-0.3, -0.25) is 0 Å². The number of amidine groups is 1. The highest BCUT2D eigenvalue weighted by Crippen LogP contribution is 2.24. The normalized spacial score (nSPS) is 11.8. The molecule has 0 spiro atoms. The average molecular weight is 265 g/mol. The number of thiophene rings is 1. The van der Waals surface area contributed by atoms with E-state index >= 15 is 0 Å². The number of halogens is 1. The molecule has 88 valence electrons. The maximum atomic E-state index is 5.96. The van der Waals surface area contributed by atoms with Gasteiger partial charge in [0.25, 0.3) is 0 Å². The van der Waals surface area contributed by atoms with Crippen LogP contribution in [0.4, 0.5) is 5.69 Å². The Hall–Kier alpha value is -1.32. The number of nitrogens with two attached hydrogens (primary N) is 1. The Morgan fingerprint density at radius 1 is 1.35 bits per heavy atom. The van der Waals surface area contributed by atoms with Gasteiger partial charge < -0.3 is 5.73 Å². The van der Waals surface area contributed by atoms with Gasteiger partial charge >= 0.3 is 0 Å². The first kappa shape index (κ1) is 12.1. The van der Waals surface area contributed by atoms with Gasteiger partial charge in [-0.25, -0.2) is 4.99 Å². The lowest BCUT2D eigenvalue weighted by Gasteiger charge is -2.06. The average Bonchev–Trinajstić information content (AvgIpc) is 2.85. The van der Waals surface area contributed by atoms with Crippen molar-refractivity contribution in [3.8, 4) is 0 Å². The van der Waals surface area contributed by atoms with Crippen molar-refractivity contribution in [3.63, 3.8) is 0 Å². The van der Waals surface area contributed by atoms with Crippen LogP contribution in [0.25, 0.3) is 0 Å². The minimum atomic E-state index is 0.494. The molecular weight excluding hydrogens is 252 g/mol. The first-order chi connectivity index (χ1) is 8.22. The van der Waals surface area contributed by atoms with Gasteiger partial charge in [0, 0.05) is 5.88 Å². The van der Waals surface area contributed by atoms with Crippen LogP contribution >= 0.6 is 22.9 Å². The van der Waals surface area contributed by atoms with Crippen molar-refractivity contribution in [2.24, 2.45) is 10.7 Å². The molecule has 2 N–H and O–H groups in total. The van der Waals surface area contributed by atoms with Gasteiger partial charge in [0.05, 0.1) is 10.6 Å². The van der Waals surface area contributed by atoms with Crippen LogP contribution in [-0.2, 0) is 5.88 Å². The molecular formula is C13H13ClN2S. The van der Waals surface area contributed by atoms with Gasteiger partial charge in [0.15, 0.2) is 0 Å². The lowest BCUT2D eigenvalue weighted by molar-refractivity contribution is 1.27. The first-order valence-corrected chi connectivity index (χ1v) is 6.66. The van der Waals surface area contributed by atoms with Gasteiger partial charge in [-0.1, -0.05) is 18.2 Å². The molecule has 0 saturated heterocycles. The minimum Gasteiger partial charge on any atom is -0.383 e. The summed E-state index contributed by atoms with van der Waals surface area (Å²) in [5.41, 5.74) is 9.02. The number of hydrogen-bond acceptors (Lipinski definition) is 2. The summed E-state index contributed by atoms with van der Waals surface area (Å²) in [6.07, 6.45) is 0. The first-order valence-electron chi connectivity index (χ1n) is 5.25. The predicted molar refractivity (Wildman–Crippen MR) is 75.4 cm³/mol. The van der Waals surface area contributed by atoms with Gasteiger partial charge in [-0.15, -0.1) is 22.9 Å². The second-order valence-corrected chi connectivity index (χ2v) is 4.88. The summed E-state index contributed by atoms with van der Waals surface area (Å²) in [6.45, 7) is 2.01. The Morgan fingerprint density at radius 2 is 2.18 bits per heavy atom. The van der Waals surface area contributed by atoms with E-state index in [1.165, 1.54) is 0 Å². The van der Waals surface area contributed by atoms with Crippen LogP contribution in [0.3, 0.4) is 0 Å². The standard InChI is InChI=1S/C13H13ClN2S/c1-9-10(8-14)4-2-5-11(9)16-13(15)12-6-3-7-17-12/h2-7H,8H2,1H3,(H2,15,16). The summed E-state index contributed by atoms with van der Waals surface area (Å²) in [5, 5.41) is 1.99. The molecule has 17 heavy (non-hydrogen) atoms. The Kier molecular flexibility index (Phi) is 3.82. The predicted octanol–water partition coefficient (Wildman–Crippen LogP) is 3.83. The zero-order valence-electron chi connectivity index (χ0n) is 9.48. The van der Waals surface area contributed by atoms with Crippen molar-refractivity contribution < 1.29 is 0 Å². The zero-order chi connectivity index (χ0) is 12.3. The van der Waals surface area contributed by atoms with Crippen LogP contribution in [0, 0.1) is 6.92 Å². The van der Waals surface area contributed by atoms with Crippen molar-refractivity contribution in [2.45, 2.75) is 12.8 Å². The van der Waals surface area contributed by atoms with Crippen molar-refractivity contribution in [3.05, 3.63) is 51.7 Å². The second kappa shape index (κ2) is 5.34. The Morgan fingerprint density at radius 3 is 2.82 bits per heavy atom. The number of hydrogen-bond donors (Lipinski definition) is 1. The summed E-state index contributed by atoms with van der Waals surface area (Å²) >= 11 is 7.45. The van der Waals surface area contributed by atoms with Crippen LogP contribution in [0.1, 0.15) is 16.0 Å². The van der Waals surface area contributed by atoms with E-state index < -0.39 is 0 Å². The largest absolute Gasteiger partial charge is 0.383 e. The number of alkyl halides is 1. The molecule has 2 rings (SSSR count). The molecule has 0 unspecified atom stereocenters. The third-order valence-corrected chi connectivity index (χ3v) is 3.76. The third-order valence-electron chi connectivity index (χ3n) is 2.58. The van der Waals surface area contributed by atoms with E-state index in [0.717, 1.165) is 21.7 Å². The van der Waals surface area contributed by atoms with E-state index in [4.69, 9.17) is 17.3 Å². The van der Waals surface area contributed by atoms with Crippen molar-refractivity contribution >= 4 is 34.5 Å². The highest BCUT2D eigenvalue weighted by atomic mass is 35.5. The van der Waals surface area contributed by atoms with Crippen molar-refractivity contribution in [1.29, 1.82) is 0 Å². The lowest BCUT2D eigenvalue weighted by atomic mass is 10.1. The molecule has 0 atom stereocenters. The Bertz CT molecular complexity index is 532. The highest BCUT2D eigenvalue weighted by molar-refractivity contribution is 7.12. The van der Waals surface area contributed by atoms with Crippen LogP contribution in [0.2, 0.25) is 0 Å². The van der Waals surface area contributed by atoms with Crippen molar-refractivity contribution in [2.75, 3.05) is 0 Å². The van der Waals surface area contributed by atoms with Gasteiger partial charge in [0.2, 0.25) is 0 Å². The van der Waals surface area contributed by atoms with Crippen LogP contribution < -0.4 is 5.73 Å². The molecule has 0 saturated carbocycles. The number of rotatable bonds is 3. The van der Waals surface area contributed by atoms with Gasteiger partial charge in [0.1, 0.15) is 5.84 Å². The molecule has 0 bridgehead atoms. The molecule has 0 aliphatic carbocycles. The number of nitrogens with zero attached hydrogens (tertiary/aromatic N) is 1. The summed E-state index contributed by atoms with van der Waals surface area (Å²) in [4.78, 5) is 5.44. The molecule has 0 radical (unpaired) electrons. The number of benzene rings is 1. The molecule has 1 heterocycles. The molecule has 0 aliphatic rings. The van der Waals surface area contributed by atoms with E-state index in [-0.39, 0.29) is 0 Å². The monoisotopic (exact) mass is 264 g/mol. The highest BCUT2D eigenvalue weighted by Gasteiger charge is 2.04. The van der Waals surface area contributed by atoms with Crippen LogP contribution in [-0.4, -0.2) is 5.84 Å². The van der Waals surface area contributed by atoms with E-state index in [0.29, 0.717) is 11.7 Å². The fraction of sp³-hybridized carbons (Fsp3) is 0.154. The van der Waals surface area contributed by atoms with E-state index in [2.05, 4.69) is 4.99 Å². The molecule has 0 amide bonds. The maximum absolute atomic E-state index is 5.96. The fourth-order valence-electron chi connectivity index (χ4n) is 1.54. The summed E-state index contributed by atoms with van der Waals surface area (Å²) in [5.74, 6) is 1.04. The molecule has 0 aliphatic heterocycles. The third kappa shape index (κ3) is 2.68. The fourth-order valence-corrected chi connectivity index (χ4v) is 2.46. The minimum absolute atomic E-state index is 0.494. The molecule has 4 heteroatoms. The lowest BCUT2D eigenvalue weighted by Crippen LogP contribution is -2.10. The Balaban J connectivity index is 2.39.